The lowest BCUT2D eigenvalue weighted by Gasteiger charge is -2.30. The molecule has 1 heterocycles. The molecule has 1 atom stereocenters. The van der Waals surface area contributed by atoms with Crippen molar-refractivity contribution in [3.63, 3.8) is 0 Å². The summed E-state index contributed by atoms with van der Waals surface area (Å²) >= 11 is 0. The Morgan fingerprint density at radius 1 is 1.35 bits per heavy atom. The van der Waals surface area contributed by atoms with Crippen LogP contribution in [0, 0.1) is 17.2 Å². The predicted octanol–water partition coefficient (Wildman–Crippen LogP) is 2.39. The molecule has 17 heavy (non-hydrogen) atoms. The van der Waals surface area contributed by atoms with Gasteiger partial charge in [-0.2, -0.15) is 5.26 Å². The summed E-state index contributed by atoms with van der Waals surface area (Å²) in [5.74, 6) is 0.914. The molecular weight excluding hydrogens is 210 g/mol. The minimum absolute atomic E-state index is 0.337. The van der Waals surface area contributed by atoms with Gasteiger partial charge in [0.05, 0.1) is 6.07 Å². The van der Waals surface area contributed by atoms with Gasteiger partial charge in [-0.25, -0.2) is 0 Å². The fraction of sp³-hybridized carbons (Fsp3) is 0.929. The van der Waals surface area contributed by atoms with Gasteiger partial charge in [-0.3, -0.25) is 0 Å². The van der Waals surface area contributed by atoms with Crippen molar-refractivity contribution < 1.29 is 0 Å². The standard InChI is InChI=1S/C14H27N3/c1-13-6-10-17(11-7-13)9-5-4-8-14(2,12-15)16-3/h13,16H,4-11H2,1-3H3. The first-order valence-corrected chi connectivity index (χ1v) is 6.92. The molecule has 1 saturated heterocycles. The van der Waals surface area contributed by atoms with Crippen LogP contribution in [0.25, 0.3) is 0 Å². The number of rotatable bonds is 6. The van der Waals surface area contributed by atoms with Crippen molar-refractivity contribution in [2.24, 2.45) is 5.92 Å². The van der Waals surface area contributed by atoms with E-state index in [-0.39, 0.29) is 5.54 Å². The van der Waals surface area contributed by atoms with E-state index in [1.54, 1.807) is 0 Å². The molecule has 1 aliphatic heterocycles. The molecule has 1 fully saturated rings. The van der Waals surface area contributed by atoms with Gasteiger partial charge in [-0.15, -0.1) is 0 Å². The average Bonchev–Trinajstić information content (AvgIpc) is 2.36. The Kier molecular flexibility index (Phi) is 5.94. The predicted molar refractivity (Wildman–Crippen MR) is 71.8 cm³/mol. The highest BCUT2D eigenvalue weighted by Crippen LogP contribution is 2.17. The summed E-state index contributed by atoms with van der Waals surface area (Å²) in [6, 6.07) is 2.35. The van der Waals surface area contributed by atoms with E-state index in [9.17, 15) is 0 Å². The van der Waals surface area contributed by atoms with Crippen molar-refractivity contribution in [1.82, 2.24) is 10.2 Å². The summed E-state index contributed by atoms with van der Waals surface area (Å²) in [6.07, 6.45) is 6.01. The fourth-order valence-electron chi connectivity index (χ4n) is 2.34. The summed E-state index contributed by atoms with van der Waals surface area (Å²) in [5.41, 5.74) is -0.337. The normalized spacial score (nSPS) is 22.0. The van der Waals surface area contributed by atoms with E-state index in [4.69, 9.17) is 5.26 Å². The molecule has 0 aliphatic carbocycles. The molecule has 1 unspecified atom stereocenters. The molecule has 3 heteroatoms. The largest absolute Gasteiger partial charge is 0.303 e. The van der Waals surface area contributed by atoms with E-state index in [0.29, 0.717) is 0 Å². The first kappa shape index (κ1) is 14.5. The number of nitrogens with one attached hydrogen (secondary N) is 1. The zero-order valence-corrected chi connectivity index (χ0v) is 11.6. The zero-order chi connectivity index (χ0) is 12.7. The molecule has 98 valence electrons. The van der Waals surface area contributed by atoms with Gasteiger partial charge < -0.3 is 10.2 Å². The van der Waals surface area contributed by atoms with Gasteiger partial charge in [-0.05, 0) is 71.6 Å². The molecule has 0 aromatic rings. The maximum Gasteiger partial charge on any atom is 0.103 e. The van der Waals surface area contributed by atoms with E-state index < -0.39 is 0 Å². The number of hydrogen-bond acceptors (Lipinski definition) is 3. The summed E-state index contributed by atoms with van der Waals surface area (Å²) in [4.78, 5) is 2.57. The lowest BCUT2D eigenvalue weighted by molar-refractivity contribution is 0.188. The van der Waals surface area contributed by atoms with Crippen molar-refractivity contribution in [2.75, 3.05) is 26.7 Å². The molecule has 0 aromatic carbocycles. The second-order valence-electron chi connectivity index (χ2n) is 5.68. The van der Waals surface area contributed by atoms with Crippen LogP contribution >= 0.6 is 0 Å². The van der Waals surface area contributed by atoms with E-state index in [2.05, 4.69) is 23.2 Å². The molecule has 0 saturated carbocycles. The van der Waals surface area contributed by atoms with E-state index in [0.717, 1.165) is 18.8 Å². The van der Waals surface area contributed by atoms with E-state index in [1.807, 2.05) is 14.0 Å². The Morgan fingerprint density at radius 3 is 2.53 bits per heavy atom. The van der Waals surface area contributed by atoms with Gasteiger partial charge >= 0.3 is 0 Å². The third kappa shape index (κ3) is 5.06. The SMILES string of the molecule is CNC(C)(C#N)CCCCN1CCC(C)CC1. The smallest absolute Gasteiger partial charge is 0.103 e. The topological polar surface area (TPSA) is 39.1 Å². The highest BCUT2D eigenvalue weighted by Gasteiger charge is 2.20. The van der Waals surface area contributed by atoms with Gasteiger partial charge in [0.1, 0.15) is 5.54 Å². The van der Waals surface area contributed by atoms with E-state index >= 15 is 0 Å². The summed E-state index contributed by atoms with van der Waals surface area (Å²) in [5, 5.41) is 12.1. The highest BCUT2D eigenvalue weighted by molar-refractivity contribution is 5.02. The average molecular weight is 237 g/mol. The Balaban J connectivity index is 2.10. The van der Waals surface area contributed by atoms with Crippen LogP contribution in [0.5, 0.6) is 0 Å². The van der Waals surface area contributed by atoms with Crippen LogP contribution in [0.3, 0.4) is 0 Å². The van der Waals surface area contributed by atoms with Crippen LogP contribution in [0.1, 0.15) is 46.0 Å². The van der Waals surface area contributed by atoms with Crippen LogP contribution in [0.15, 0.2) is 0 Å². The molecule has 0 aromatic heterocycles. The van der Waals surface area contributed by atoms with Crippen LogP contribution in [0.2, 0.25) is 0 Å². The quantitative estimate of drug-likeness (QED) is 0.721. The van der Waals surface area contributed by atoms with Crippen LogP contribution in [0.4, 0.5) is 0 Å². The number of unbranched alkanes of at least 4 members (excludes halogenated alkanes) is 1. The molecule has 1 rings (SSSR count). The fourth-order valence-corrected chi connectivity index (χ4v) is 2.34. The summed E-state index contributed by atoms with van der Waals surface area (Å²) in [6.45, 7) is 8.07. The lowest BCUT2D eigenvalue weighted by atomic mass is 9.96. The van der Waals surface area contributed by atoms with Gasteiger partial charge in [-0.1, -0.05) is 6.92 Å². The Labute approximate surface area is 106 Å². The van der Waals surface area contributed by atoms with Crippen molar-refractivity contribution in [2.45, 2.75) is 51.5 Å². The van der Waals surface area contributed by atoms with Crippen LogP contribution < -0.4 is 5.32 Å². The number of hydrogen-bond donors (Lipinski definition) is 1. The number of piperidine rings is 1. The van der Waals surface area contributed by atoms with Crippen LogP contribution in [-0.2, 0) is 0 Å². The van der Waals surface area contributed by atoms with E-state index in [1.165, 1.54) is 38.9 Å². The Bertz CT molecular complexity index is 251. The number of likely N-dealkylation sites (tertiary alicyclic amines) is 1. The summed E-state index contributed by atoms with van der Waals surface area (Å²) in [7, 11) is 1.87. The maximum atomic E-state index is 9.04. The first-order valence-electron chi connectivity index (χ1n) is 6.92. The van der Waals surface area contributed by atoms with Gasteiger partial charge in [0.15, 0.2) is 0 Å². The zero-order valence-electron chi connectivity index (χ0n) is 11.6. The molecule has 0 radical (unpaired) electrons. The van der Waals surface area contributed by atoms with Crippen LogP contribution in [-0.4, -0.2) is 37.1 Å². The second kappa shape index (κ2) is 6.98. The number of nitrogens with zero attached hydrogens (tertiary/aromatic N) is 2. The molecular formula is C14H27N3. The van der Waals surface area contributed by atoms with Crippen molar-refractivity contribution in [3.8, 4) is 6.07 Å². The minimum Gasteiger partial charge on any atom is -0.303 e. The summed E-state index contributed by atoms with van der Waals surface area (Å²) < 4.78 is 0. The highest BCUT2D eigenvalue weighted by atomic mass is 15.1. The van der Waals surface area contributed by atoms with Gasteiger partial charge in [0, 0.05) is 0 Å². The van der Waals surface area contributed by atoms with Crippen molar-refractivity contribution in [1.29, 1.82) is 5.26 Å². The molecule has 0 spiro atoms. The minimum atomic E-state index is -0.337. The molecule has 1 N–H and O–H groups in total. The van der Waals surface area contributed by atoms with Gasteiger partial charge in [0.2, 0.25) is 0 Å². The third-order valence-corrected chi connectivity index (χ3v) is 4.08. The maximum absolute atomic E-state index is 9.04. The van der Waals surface area contributed by atoms with Crippen molar-refractivity contribution >= 4 is 0 Å². The second-order valence-corrected chi connectivity index (χ2v) is 5.68. The van der Waals surface area contributed by atoms with Crippen molar-refractivity contribution in [3.05, 3.63) is 0 Å². The molecule has 0 bridgehead atoms. The Morgan fingerprint density at radius 2 is 2.00 bits per heavy atom. The molecule has 1 aliphatic rings. The Hall–Kier alpha value is -0.590. The first-order chi connectivity index (χ1) is 8.09. The lowest BCUT2D eigenvalue weighted by Crippen LogP contribution is -2.38. The number of nitriles is 1. The molecule has 0 amide bonds. The molecule has 3 nitrogen and oxygen atoms in total. The third-order valence-electron chi connectivity index (χ3n) is 4.08. The van der Waals surface area contributed by atoms with Gasteiger partial charge in [0.25, 0.3) is 0 Å². The monoisotopic (exact) mass is 237 g/mol.